The summed E-state index contributed by atoms with van der Waals surface area (Å²) in [6.07, 6.45) is -4.21. The second-order valence-electron chi connectivity index (χ2n) is 7.20. The van der Waals surface area contributed by atoms with Crippen LogP contribution < -0.4 is 0 Å². The van der Waals surface area contributed by atoms with Crippen molar-refractivity contribution in [2.75, 3.05) is 6.61 Å². The molecule has 0 radical (unpaired) electrons. The Hall–Kier alpha value is -1.28. The van der Waals surface area contributed by atoms with Gasteiger partial charge in [-0.1, -0.05) is 18.2 Å². The third kappa shape index (κ3) is 3.45. The van der Waals surface area contributed by atoms with E-state index in [1.54, 1.807) is 18.3 Å². The van der Waals surface area contributed by atoms with Gasteiger partial charge in [-0.3, -0.25) is 0 Å². The van der Waals surface area contributed by atoms with Crippen LogP contribution in [0.5, 0.6) is 0 Å². The van der Waals surface area contributed by atoms with Crippen LogP contribution in [0.4, 0.5) is 0 Å². The lowest BCUT2D eigenvalue weighted by molar-refractivity contribution is -0.273. The van der Waals surface area contributed by atoms with Crippen LogP contribution >= 0.6 is 11.3 Å². The largest absolute Gasteiger partial charge is 0.394 e. The molecule has 4 N–H and O–H groups in total. The average molecular weight is 378 g/mol. The van der Waals surface area contributed by atoms with E-state index in [-0.39, 0.29) is 0 Å². The zero-order chi connectivity index (χ0) is 19.1. The molecule has 5 nitrogen and oxygen atoms in total. The minimum Gasteiger partial charge on any atom is -0.394 e. The van der Waals surface area contributed by atoms with Crippen molar-refractivity contribution in [3.8, 4) is 0 Å². The number of aryl methyl sites for hydroxylation is 2. The van der Waals surface area contributed by atoms with E-state index in [0.29, 0.717) is 5.56 Å². The Morgan fingerprint density at radius 3 is 2.42 bits per heavy atom. The van der Waals surface area contributed by atoms with Crippen LogP contribution in [0.25, 0.3) is 0 Å². The fourth-order valence-electron chi connectivity index (χ4n) is 3.51. The van der Waals surface area contributed by atoms with Crippen LogP contribution in [-0.2, 0) is 16.8 Å². The van der Waals surface area contributed by atoms with Crippen LogP contribution in [0.1, 0.15) is 33.4 Å². The van der Waals surface area contributed by atoms with E-state index in [0.717, 1.165) is 17.5 Å². The van der Waals surface area contributed by atoms with E-state index in [9.17, 15) is 20.4 Å². The molecule has 6 heteroatoms. The molecule has 1 saturated heterocycles. The SMILES string of the molecule is Cc1ccc(Cc2cc(C3(C)O[C@H](CO)[C@@H](O)[C@H](O)[C@H]3O)ccc2C)s1. The molecule has 26 heavy (non-hydrogen) atoms. The Labute approximate surface area is 157 Å². The molecule has 1 unspecified atom stereocenters. The topological polar surface area (TPSA) is 90.2 Å². The van der Waals surface area contributed by atoms with Crippen molar-refractivity contribution >= 4 is 11.3 Å². The lowest BCUT2D eigenvalue weighted by atomic mass is 9.80. The van der Waals surface area contributed by atoms with Crippen molar-refractivity contribution < 1.29 is 25.2 Å². The van der Waals surface area contributed by atoms with Crippen LogP contribution in [0.2, 0.25) is 0 Å². The Morgan fingerprint density at radius 1 is 1.08 bits per heavy atom. The van der Waals surface area contributed by atoms with Gasteiger partial charge in [0.25, 0.3) is 0 Å². The molecular weight excluding hydrogens is 352 g/mol. The van der Waals surface area contributed by atoms with Gasteiger partial charge in [0.2, 0.25) is 0 Å². The molecule has 142 valence electrons. The summed E-state index contributed by atoms with van der Waals surface area (Å²) in [5, 5.41) is 40.2. The number of aliphatic hydroxyl groups is 4. The van der Waals surface area contributed by atoms with Gasteiger partial charge in [0.15, 0.2) is 0 Å². The Kier molecular flexibility index (Phi) is 5.53. The fraction of sp³-hybridized carbons (Fsp3) is 0.500. The molecule has 0 amide bonds. The van der Waals surface area contributed by atoms with Gasteiger partial charge in [-0.15, -0.1) is 11.3 Å². The van der Waals surface area contributed by atoms with E-state index in [1.807, 2.05) is 25.1 Å². The number of benzene rings is 1. The summed E-state index contributed by atoms with van der Waals surface area (Å²) in [5.41, 5.74) is 1.73. The molecule has 0 aliphatic carbocycles. The molecule has 1 aromatic heterocycles. The van der Waals surface area contributed by atoms with Crippen molar-refractivity contribution in [1.29, 1.82) is 0 Å². The molecule has 1 aliphatic heterocycles. The Balaban J connectivity index is 1.96. The molecule has 1 aliphatic rings. The Bertz CT molecular complexity index is 771. The minimum atomic E-state index is -1.39. The number of ether oxygens (including phenoxy) is 1. The summed E-state index contributed by atoms with van der Waals surface area (Å²) in [5.74, 6) is 0. The molecule has 2 aromatic rings. The van der Waals surface area contributed by atoms with Gasteiger partial charge in [-0.2, -0.15) is 0 Å². The zero-order valence-electron chi connectivity index (χ0n) is 15.2. The van der Waals surface area contributed by atoms with E-state index in [4.69, 9.17) is 4.74 Å². The third-order valence-electron chi connectivity index (χ3n) is 5.28. The summed E-state index contributed by atoms with van der Waals surface area (Å²) in [6, 6.07) is 10.0. The van der Waals surface area contributed by atoms with Crippen molar-refractivity contribution in [1.82, 2.24) is 0 Å². The Morgan fingerprint density at radius 2 is 1.81 bits per heavy atom. The summed E-state index contributed by atoms with van der Waals surface area (Å²) in [7, 11) is 0. The quantitative estimate of drug-likeness (QED) is 0.650. The predicted molar refractivity (Wildman–Crippen MR) is 100 cm³/mol. The van der Waals surface area contributed by atoms with Crippen LogP contribution in [0, 0.1) is 13.8 Å². The zero-order valence-corrected chi connectivity index (χ0v) is 16.0. The number of thiophene rings is 1. The lowest BCUT2D eigenvalue weighted by Gasteiger charge is -2.47. The standard InChI is InChI=1S/C20H26O5S/c1-11-4-6-14(8-13(11)9-15-7-5-12(2)26-15)20(3)19(24)18(23)17(22)16(10-21)25-20/h4-8,16-19,21-24H,9-10H2,1-3H3/t16-,17-,18+,19-,20?/m1/s1. The van der Waals surface area contributed by atoms with Crippen molar-refractivity contribution in [2.24, 2.45) is 0 Å². The molecule has 2 heterocycles. The molecule has 3 rings (SSSR count). The van der Waals surface area contributed by atoms with E-state index < -0.39 is 36.6 Å². The molecular formula is C20H26O5S. The third-order valence-corrected chi connectivity index (χ3v) is 6.28. The molecule has 5 atom stereocenters. The maximum atomic E-state index is 10.6. The first-order valence-corrected chi connectivity index (χ1v) is 9.56. The molecule has 1 fully saturated rings. The number of hydrogen-bond acceptors (Lipinski definition) is 6. The highest BCUT2D eigenvalue weighted by Crippen LogP contribution is 2.39. The van der Waals surface area contributed by atoms with Crippen molar-refractivity contribution in [3.05, 3.63) is 56.8 Å². The van der Waals surface area contributed by atoms with Crippen LogP contribution in [0.3, 0.4) is 0 Å². The van der Waals surface area contributed by atoms with Gasteiger partial charge in [-0.05, 0) is 49.6 Å². The number of aliphatic hydroxyl groups excluding tert-OH is 4. The second-order valence-corrected chi connectivity index (χ2v) is 8.57. The molecule has 0 saturated carbocycles. The van der Waals surface area contributed by atoms with E-state index >= 15 is 0 Å². The lowest BCUT2D eigenvalue weighted by Crippen LogP contribution is -2.62. The summed E-state index contributed by atoms with van der Waals surface area (Å²) in [4.78, 5) is 2.51. The normalized spacial score (nSPS) is 32.0. The van der Waals surface area contributed by atoms with Gasteiger partial charge < -0.3 is 25.2 Å². The monoisotopic (exact) mass is 378 g/mol. The first kappa shape index (κ1) is 19.5. The van der Waals surface area contributed by atoms with Gasteiger partial charge >= 0.3 is 0 Å². The highest BCUT2D eigenvalue weighted by Gasteiger charge is 2.51. The maximum Gasteiger partial charge on any atom is 0.119 e. The maximum absolute atomic E-state index is 10.6. The van der Waals surface area contributed by atoms with E-state index in [1.165, 1.54) is 9.75 Å². The predicted octanol–water partition coefficient (Wildman–Crippen LogP) is 1.64. The molecule has 1 aromatic carbocycles. The highest BCUT2D eigenvalue weighted by atomic mass is 32.1. The van der Waals surface area contributed by atoms with Crippen LogP contribution in [0.15, 0.2) is 30.3 Å². The summed E-state index contributed by atoms with van der Waals surface area (Å²) in [6.45, 7) is 5.36. The van der Waals surface area contributed by atoms with Gasteiger partial charge in [0.05, 0.1) is 6.61 Å². The summed E-state index contributed by atoms with van der Waals surface area (Å²) >= 11 is 1.75. The number of hydrogen-bond donors (Lipinski definition) is 4. The number of rotatable bonds is 4. The van der Waals surface area contributed by atoms with Crippen molar-refractivity contribution in [3.63, 3.8) is 0 Å². The van der Waals surface area contributed by atoms with Crippen LogP contribution in [-0.4, -0.2) is 51.4 Å². The first-order valence-electron chi connectivity index (χ1n) is 8.74. The van der Waals surface area contributed by atoms with Gasteiger partial charge in [0, 0.05) is 16.2 Å². The van der Waals surface area contributed by atoms with Crippen molar-refractivity contribution in [2.45, 2.75) is 57.2 Å². The minimum absolute atomic E-state index is 0.437. The first-order chi connectivity index (χ1) is 12.3. The average Bonchev–Trinajstić information content (AvgIpc) is 3.03. The van der Waals surface area contributed by atoms with Gasteiger partial charge in [0.1, 0.15) is 30.0 Å². The molecule has 0 spiro atoms. The van der Waals surface area contributed by atoms with Gasteiger partial charge in [-0.25, -0.2) is 0 Å². The second kappa shape index (κ2) is 7.38. The summed E-state index contributed by atoms with van der Waals surface area (Å²) < 4.78 is 5.85. The van der Waals surface area contributed by atoms with E-state index in [2.05, 4.69) is 19.1 Å². The smallest absolute Gasteiger partial charge is 0.119 e. The molecule has 0 bridgehead atoms. The fourth-order valence-corrected chi connectivity index (χ4v) is 4.42. The highest BCUT2D eigenvalue weighted by molar-refractivity contribution is 7.11.